The van der Waals surface area contributed by atoms with Gasteiger partial charge in [-0.15, -0.1) is 11.8 Å². The van der Waals surface area contributed by atoms with Crippen LogP contribution in [0.5, 0.6) is 0 Å². The summed E-state index contributed by atoms with van der Waals surface area (Å²) in [6.45, 7) is 1.44. The van der Waals surface area contributed by atoms with Crippen LogP contribution in [0.2, 0.25) is 0 Å². The molecule has 1 atom stereocenters. The molecule has 3 nitrogen and oxygen atoms in total. The predicted octanol–water partition coefficient (Wildman–Crippen LogP) is 3.15. The molecule has 0 spiro atoms. The quantitative estimate of drug-likeness (QED) is 0.882. The highest BCUT2D eigenvalue weighted by Gasteiger charge is 2.24. The summed E-state index contributed by atoms with van der Waals surface area (Å²) >= 11 is 1.80. The average Bonchev–Trinajstić information content (AvgIpc) is 3.00. The molecular formula is C18H20N2OS. The Morgan fingerprint density at radius 3 is 2.50 bits per heavy atom. The fourth-order valence-electron chi connectivity index (χ4n) is 2.58. The molecule has 2 aromatic carbocycles. The van der Waals surface area contributed by atoms with Crippen molar-refractivity contribution in [2.75, 3.05) is 13.1 Å². The van der Waals surface area contributed by atoms with Crippen molar-refractivity contribution >= 4 is 17.7 Å². The van der Waals surface area contributed by atoms with Crippen LogP contribution in [0, 0.1) is 0 Å². The van der Waals surface area contributed by atoms with E-state index in [9.17, 15) is 4.79 Å². The van der Waals surface area contributed by atoms with Gasteiger partial charge in [-0.2, -0.15) is 0 Å². The first-order valence-corrected chi connectivity index (χ1v) is 8.52. The summed E-state index contributed by atoms with van der Waals surface area (Å²) in [7, 11) is 0. The number of rotatable bonds is 4. The minimum atomic E-state index is 0.0928. The Hall–Kier alpha value is -1.78. The molecular weight excluding hydrogens is 292 g/mol. The Labute approximate surface area is 135 Å². The number of nitrogens with two attached hydrogens (primary N) is 1. The molecule has 1 amide bonds. The minimum absolute atomic E-state index is 0.0928. The second kappa shape index (κ2) is 6.99. The number of amides is 1. The molecule has 2 aromatic rings. The van der Waals surface area contributed by atoms with E-state index in [1.807, 2.05) is 47.4 Å². The van der Waals surface area contributed by atoms with Gasteiger partial charge in [0.05, 0.1) is 0 Å². The average molecular weight is 312 g/mol. The highest BCUT2D eigenvalue weighted by molar-refractivity contribution is 7.98. The number of hydrogen-bond donors (Lipinski definition) is 1. The molecule has 4 heteroatoms. The molecule has 0 aromatic heterocycles. The summed E-state index contributed by atoms with van der Waals surface area (Å²) in [5, 5.41) is 0. The molecule has 1 fully saturated rings. The molecule has 0 unspecified atom stereocenters. The lowest BCUT2D eigenvalue weighted by molar-refractivity contribution is 0.0791. The van der Waals surface area contributed by atoms with Gasteiger partial charge >= 0.3 is 0 Å². The van der Waals surface area contributed by atoms with Crippen molar-refractivity contribution in [2.24, 2.45) is 5.73 Å². The van der Waals surface area contributed by atoms with Crippen LogP contribution in [-0.2, 0) is 5.75 Å². The Morgan fingerprint density at radius 2 is 1.86 bits per heavy atom. The molecule has 1 saturated heterocycles. The van der Waals surface area contributed by atoms with E-state index >= 15 is 0 Å². The molecule has 0 bridgehead atoms. The van der Waals surface area contributed by atoms with Crippen molar-refractivity contribution in [3.05, 3.63) is 65.7 Å². The van der Waals surface area contributed by atoms with E-state index < -0.39 is 0 Å². The largest absolute Gasteiger partial charge is 0.337 e. The molecule has 0 radical (unpaired) electrons. The Balaban J connectivity index is 1.59. The third-order valence-electron chi connectivity index (χ3n) is 3.86. The van der Waals surface area contributed by atoms with Gasteiger partial charge in [-0.3, -0.25) is 4.79 Å². The Kier molecular flexibility index (Phi) is 4.80. The standard InChI is InChI=1S/C18H20N2OS/c19-16-10-11-20(12-16)18(21)15-8-6-14(7-9-15)13-22-17-4-2-1-3-5-17/h1-9,16H,10-13,19H2/t16-/m1/s1. The number of carbonyl (C=O) groups excluding carboxylic acids is 1. The summed E-state index contributed by atoms with van der Waals surface area (Å²) < 4.78 is 0. The van der Waals surface area contributed by atoms with Crippen molar-refractivity contribution in [3.8, 4) is 0 Å². The van der Waals surface area contributed by atoms with E-state index in [-0.39, 0.29) is 11.9 Å². The molecule has 1 aliphatic rings. The highest BCUT2D eigenvalue weighted by atomic mass is 32.2. The SMILES string of the molecule is N[C@@H]1CCN(C(=O)c2ccc(CSc3ccccc3)cc2)C1. The number of hydrogen-bond acceptors (Lipinski definition) is 3. The van der Waals surface area contributed by atoms with Gasteiger partial charge in [0.1, 0.15) is 0 Å². The number of likely N-dealkylation sites (tertiary alicyclic amines) is 1. The van der Waals surface area contributed by atoms with Crippen LogP contribution < -0.4 is 5.73 Å². The van der Waals surface area contributed by atoms with Crippen molar-refractivity contribution in [2.45, 2.75) is 23.1 Å². The van der Waals surface area contributed by atoms with Gasteiger partial charge in [0, 0.05) is 35.3 Å². The summed E-state index contributed by atoms with van der Waals surface area (Å²) in [5.41, 5.74) is 7.84. The zero-order valence-electron chi connectivity index (χ0n) is 12.4. The van der Waals surface area contributed by atoms with Crippen molar-refractivity contribution in [1.82, 2.24) is 4.90 Å². The van der Waals surface area contributed by atoms with Gasteiger partial charge in [0.2, 0.25) is 0 Å². The van der Waals surface area contributed by atoms with Crippen LogP contribution in [0.4, 0.5) is 0 Å². The van der Waals surface area contributed by atoms with Crippen molar-refractivity contribution < 1.29 is 4.79 Å². The molecule has 3 rings (SSSR count). The van der Waals surface area contributed by atoms with Crippen molar-refractivity contribution in [1.29, 1.82) is 0 Å². The zero-order valence-corrected chi connectivity index (χ0v) is 13.3. The summed E-state index contributed by atoms with van der Waals surface area (Å²) in [4.78, 5) is 15.5. The third kappa shape index (κ3) is 3.70. The van der Waals surface area contributed by atoms with Gasteiger partial charge in [-0.05, 0) is 36.2 Å². The number of thioether (sulfide) groups is 1. The van der Waals surface area contributed by atoms with Gasteiger partial charge in [0.15, 0.2) is 0 Å². The number of benzene rings is 2. The van der Waals surface area contributed by atoms with Crippen LogP contribution >= 0.6 is 11.8 Å². The van der Waals surface area contributed by atoms with E-state index in [1.54, 1.807) is 11.8 Å². The second-order valence-electron chi connectivity index (χ2n) is 5.60. The van der Waals surface area contributed by atoms with Crippen LogP contribution in [0.3, 0.4) is 0 Å². The number of carbonyl (C=O) groups is 1. The van der Waals surface area contributed by atoms with Gasteiger partial charge < -0.3 is 10.6 Å². The fraction of sp³-hybridized carbons (Fsp3) is 0.278. The Morgan fingerprint density at radius 1 is 1.14 bits per heavy atom. The van der Waals surface area contributed by atoms with Crippen molar-refractivity contribution in [3.63, 3.8) is 0 Å². The summed E-state index contributed by atoms with van der Waals surface area (Å²) in [6.07, 6.45) is 0.900. The van der Waals surface area contributed by atoms with Gasteiger partial charge in [-0.1, -0.05) is 30.3 Å². The normalized spacial score (nSPS) is 17.7. The van der Waals surface area contributed by atoms with E-state index in [0.717, 1.165) is 24.3 Å². The molecule has 1 heterocycles. The van der Waals surface area contributed by atoms with E-state index in [2.05, 4.69) is 12.1 Å². The lowest BCUT2D eigenvalue weighted by atomic mass is 10.1. The topological polar surface area (TPSA) is 46.3 Å². The third-order valence-corrected chi connectivity index (χ3v) is 4.94. The Bertz CT molecular complexity index is 627. The molecule has 0 saturated carbocycles. The second-order valence-corrected chi connectivity index (χ2v) is 6.65. The van der Waals surface area contributed by atoms with Crippen LogP contribution in [0.15, 0.2) is 59.5 Å². The zero-order chi connectivity index (χ0) is 15.4. The summed E-state index contributed by atoms with van der Waals surface area (Å²) in [6, 6.07) is 18.4. The molecule has 22 heavy (non-hydrogen) atoms. The first-order chi connectivity index (χ1) is 10.7. The fourth-order valence-corrected chi connectivity index (χ4v) is 3.46. The number of nitrogens with zero attached hydrogens (tertiary/aromatic N) is 1. The predicted molar refractivity (Wildman–Crippen MR) is 90.9 cm³/mol. The minimum Gasteiger partial charge on any atom is -0.337 e. The smallest absolute Gasteiger partial charge is 0.253 e. The maximum absolute atomic E-state index is 12.3. The van der Waals surface area contributed by atoms with E-state index in [4.69, 9.17) is 5.73 Å². The van der Waals surface area contributed by atoms with Crippen LogP contribution in [0.25, 0.3) is 0 Å². The molecule has 114 valence electrons. The summed E-state index contributed by atoms with van der Waals surface area (Å²) in [5.74, 6) is 1.00. The van der Waals surface area contributed by atoms with Crippen LogP contribution in [-0.4, -0.2) is 29.9 Å². The highest BCUT2D eigenvalue weighted by Crippen LogP contribution is 2.22. The molecule has 2 N–H and O–H groups in total. The maximum atomic E-state index is 12.3. The molecule has 0 aliphatic carbocycles. The monoisotopic (exact) mass is 312 g/mol. The lowest BCUT2D eigenvalue weighted by Gasteiger charge is -2.15. The van der Waals surface area contributed by atoms with Gasteiger partial charge in [0.25, 0.3) is 5.91 Å². The van der Waals surface area contributed by atoms with Gasteiger partial charge in [-0.25, -0.2) is 0 Å². The maximum Gasteiger partial charge on any atom is 0.253 e. The van der Waals surface area contributed by atoms with E-state index in [1.165, 1.54) is 10.5 Å². The van der Waals surface area contributed by atoms with Crippen LogP contribution in [0.1, 0.15) is 22.3 Å². The first kappa shape index (κ1) is 15.1. The van der Waals surface area contributed by atoms with E-state index in [0.29, 0.717) is 6.54 Å². The first-order valence-electron chi connectivity index (χ1n) is 7.54. The lowest BCUT2D eigenvalue weighted by Crippen LogP contribution is -2.31. The molecule has 1 aliphatic heterocycles.